The Kier molecular flexibility index (Phi) is 5.99. The van der Waals surface area contributed by atoms with Gasteiger partial charge in [-0.15, -0.1) is 0 Å². The summed E-state index contributed by atoms with van der Waals surface area (Å²) in [5.41, 5.74) is 0. The van der Waals surface area contributed by atoms with Gasteiger partial charge in [-0.25, -0.2) is 0 Å². The molecule has 92 valence electrons. The fourth-order valence-electron chi connectivity index (χ4n) is 1.55. The highest BCUT2D eigenvalue weighted by molar-refractivity contribution is 7.97. The molecule has 0 saturated heterocycles. The van der Waals surface area contributed by atoms with E-state index in [4.69, 9.17) is 4.42 Å². The molecule has 0 amide bonds. The summed E-state index contributed by atoms with van der Waals surface area (Å²) in [7, 11) is 0. The van der Waals surface area contributed by atoms with Gasteiger partial charge in [-0.05, 0) is 31.2 Å². The van der Waals surface area contributed by atoms with Crippen molar-refractivity contribution in [3.63, 3.8) is 0 Å². The van der Waals surface area contributed by atoms with Crippen LogP contribution in [0, 0.1) is 5.92 Å². The van der Waals surface area contributed by atoms with Crippen molar-refractivity contribution in [1.29, 1.82) is 0 Å². The second-order valence-electron chi connectivity index (χ2n) is 4.36. The van der Waals surface area contributed by atoms with Gasteiger partial charge in [0.2, 0.25) is 0 Å². The molecule has 1 heterocycles. The molecule has 16 heavy (non-hydrogen) atoms. The monoisotopic (exact) mass is 241 g/mol. The third kappa shape index (κ3) is 4.22. The molecule has 2 nitrogen and oxygen atoms in total. The molecule has 0 aromatic carbocycles. The van der Waals surface area contributed by atoms with Crippen LogP contribution in [0.25, 0.3) is 0 Å². The van der Waals surface area contributed by atoms with Gasteiger partial charge in [-0.1, -0.05) is 20.3 Å². The molecule has 3 heteroatoms. The molecule has 0 aliphatic carbocycles. The summed E-state index contributed by atoms with van der Waals surface area (Å²) in [5.74, 6) is 3.78. The minimum absolute atomic E-state index is 0.541. The van der Waals surface area contributed by atoms with Crippen LogP contribution in [-0.4, -0.2) is 12.3 Å². The third-order valence-electron chi connectivity index (χ3n) is 3.10. The SMILES string of the molecule is CCC(C)C(C)NCc1ccc(CSC)o1. The van der Waals surface area contributed by atoms with Crippen LogP contribution < -0.4 is 5.32 Å². The molecule has 0 fully saturated rings. The highest BCUT2D eigenvalue weighted by atomic mass is 32.2. The molecule has 0 aliphatic heterocycles. The van der Waals surface area contributed by atoms with E-state index in [0.717, 1.165) is 23.8 Å². The lowest BCUT2D eigenvalue weighted by Crippen LogP contribution is -2.31. The maximum atomic E-state index is 5.70. The van der Waals surface area contributed by atoms with Gasteiger partial charge in [-0.3, -0.25) is 0 Å². The lowest BCUT2D eigenvalue weighted by Gasteiger charge is -2.19. The Labute approximate surface area is 103 Å². The van der Waals surface area contributed by atoms with E-state index in [-0.39, 0.29) is 0 Å². The van der Waals surface area contributed by atoms with Crippen LogP contribution in [0.2, 0.25) is 0 Å². The Bertz CT molecular complexity index is 298. The summed E-state index contributed by atoms with van der Waals surface area (Å²) in [5, 5.41) is 3.50. The van der Waals surface area contributed by atoms with E-state index < -0.39 is 0 Å². The molecule has 0 spiro atoms. The molecule has 0 aliphatic rings. The Morgan fingerprint density at radius 3 is 2.62 bits per heavy atom. The van der Waals surface area contributed by atoms with E-state index in [2.05, 4.69) is 44.5 Å². The van der Waals surface area contributed by atoms with Crippen LogP contribution in [0.4, 0.5) is 0 Å². The van der Waals surface area contributed by atoms with Crippen molar-refractivity contribution in [3.05, 3.63) is 23.7 Å². The van der Waals surface area contributed by atoms with Gasteiger partial charge in [-0.2, -0.15) is 11.8 Å². The summed E-state index contributed by atoms with van der Waals surface area (Å²) in [6, 6.07) is 4.68. The van der Waals surface area contributed by atoms with E-state index >= 15 is 0 Å². The van der Waals surface area contributed by atoms with E-state index in [0.29, 0.717) is 12.0 Å². The summed E-state index contributed by atoms with van der Waals surface area (Å²) < 4.78 is 5.70. The van der Waals surface area contributed by atoms with Crippen molar-refractivity contribution in [3.8, 4) is 0 Å². The first kappa shape index (κ1) is 13.7. The van der Waals surface area contributed by atoms with Gasteiger partial charge in [0.25, 0.3) is 0 Å². The summed E-state index contributed by atoms with van der Waals surface area (Å²) in [4.78, 5) is 0. The second-order valence-corrected chi connectivity index (χ2v) is 5.22. The normalized spacial score (nSPS) is 15.0. The van der Waals surface area contributed by atoms with Gasteiger partial charge in [0.05, 0.1) is 12.3 Å². The molecule has 2 atom stereocenters. The molecule has 2 unspecified atom stereocenters. The number of hydrogen-bond donors (Lipinski definition) is 1. The Hall–Kier alpha value is -0.410. The molecular formula is C13H23NOS. The Morgan fingerprint density at radius 1 is 1.31 bits per heavy atom. The van der Waals surface area contributed by atoms with Crippen molar-refractivity contribution in [1.82, 2.24) is 5.32 Å². The largest absolute Gasteiger partial charge is 0.464 e. The highest BCUT2D eigenvalue weighted by Gasteiger charge is 2.10. The summed E-state index contributed by atoms with van der Waals surface area (Å²) in [6.45, 7) is 7.57. The fourth-order valence-corrected chi connectivity index (χ4v) is 1.99. The molecule has 0 saturated carbocycles. The minimum atomic E-state index is 0.541. The van der Waals surface area contributed by atoms with Crippen LogP contribution in [0.15, 0.2) is 16.5 Å². The van der Waals surface area contributed by atoms with E-state index in [1.165, 1.54) is 6.42 Å². The maximum absolute atomic E-state index is 5.70. The Balaban J connectivity index is 2.36. The molecule has 1 aromatic heterocycles. The maximum Gasteiger partial charge on any atom is 0.118 e. The predicted octanol–water partition coefficient (Wildman–Crippen LogP) is 3.67. The molecule has 0 bridgehead atoms. The molecule has 1 aromatic rings. The quantitative estimate of drug-likeness (QED) is 0.788. The van der Waals surface area contributed by atoms with E-state index in [1.54, 1.807) is 11.8 Å². The van der Waals surface area contributed by atoms with Gasteiger partial charge < -0.3 is 9.73 Å². The van der Waals surface area contributed by atoms with E-state index in [9.17, 15) is 0 Å². The van der Waals surface area contributed by atoms with E-state index in [1.807, 2.05) is 0 Å². The number of nitrogens with one attached hydrogen (secondary N) is 1. The average Bonchev–Trinajstić information content (AvgIpc) is 2.73. The standard InChI is InChI=1S/C13H23NOS/c1-5-10(2)11(3)14-8-12-6-7-13(15-12)9-16-4/h6-7,10-11,14H,5,8-9H2,1-4H3. The minimum Gasteiger partial charge on any atom is -0.464 e. The summed E-state index contributed by atoms with van der Waals surface area (Å²) in [6.07, 6.45) is 3.30. The number of rotatable bonds is 7. The lowest BCUT2D eigenvalue weighted by molar-refractivity contribution is 0.366. The zero-order valence-electron chi connectivity index (χ0n) is 10.7. The van der Waals surface area contributed by atoms with Gasteiger partial charge in [0, 0.05) is 6.04 Å². The topological polar surface area (TPSA) is 25.2 Å². The van der Waals surface area contributed by atoms with Crippen LogP contribution in [-0.2, 0) is 12.3 Å². The van der Waals surface area contributed by atoms with Crippen molar-refractivity contribution < 1.29 is 4.42 Å². The Morgan fingerprint density at radius 2 is 2.00 bits per heavy atom. The fraction of sp³-hybridized carbons (Fsp3) is 0.692. The zero-order valence-corrected chi connectivity index (χ0v) is 11.6. The van der Waals surface area contributed by atoms with Gasteiger partial charge >= 0.3 is 0 Å². The van der Waals surface area contributed by atoms with Crippen LogP contribution >= 0.6 is 11.8 Å². The molecule has 1 rings (SSSR count). The van der Waals surface area contributed by atoms with Crippen molar-refractivity contribution in [2.24, 2.45) is 5.92 Å². The van der Waals surface area contributed by atoms with Crippen molar-refractivity contribution >= 4 is 11.8 Å². The first-order valence-electron chi connectivity index (χ1n) is 5.97. The first-order chi connectivity index (χ1) is 7.67. The molecule has 0 radical (unpaired) electrons. The van der Waals surface area contributed by atoms with Crippen LogP contribution in [0.3, 0.4) is 0 Å². The third-order valence-corrected chi connectivity index (χ3v) is 3.67. The van der Waals surface area contributed by atoms with Gasteiger partial charge in [0.15, 0.2) is 0 Å². The number of hydrogen-bond acceptors (Lipinski definition) is 3. The number of furan rings is 1. The average molecular weight is 241 g/mol. The second kappa shape index (κ2) is 7.02. The van der Waals surface area contributed by atoms with Crippen LogP contribution in [0.1, 0.15) is 38.7 Å². The molecule has 1 N–H and O–H groups in total. The van der Waals surface area contributed by atoms with Gasteiger partial charge in [0.1, 0.15) is 11.5 Å². The zero-order chi connectivity index (χ0) is 12.0. The smallest absolute Gasteiger partial charge is 0.118 e. The van der Waals surface area contributed by atoms with Crippen molar-refractivity contribution in [2.45, 2.75) is 45.5 Å². The number of thioether (sulfide) groups is 1. The van der Waals surface area contributed by atoms with Crippen LogP contribution in [0.5, 0.6) is 0 Å². The highest BCUT2D eigenvalue weighted by Crippen LogP contribution is 2.14. The van der Waals surface area contributed by atoms with Crippen molar-refractivity contribution in [2.75, 3.05) is 6.26 Å². The summed E-state index contributed by atoms with van der Waals surface area (Å²) >= 11 is 1.79. The first-order valence-corrected chi connectivity index (χ1v) is 7.36. The predicted molar refractivity (Wildman–Crippen MR) is 71.7 cm³/mol. The lowest BCUT2D eigenvalue weighted by atomic mass is 10.0. The molecular weight excluding hydrogens is 218 g/mol.